The molecule has 0 radical (unpaired) electrons. The van der Waals surface area contributed by atoms with Gasteiger partial charge in [-0.1, -0.05) is 12.1 Å². The number of rotatable bonds is 3. The average molecular weight is 224 g/mol. The van der Waals surface area contributed by atoms with Gasteiger partial charge in [0.25, 0.3) is 0 Å². The molecular formula is C10H12N2S2. The third-order valence-corrected chi connectivity index (χ3v) is 4.08. The van der Waals surface area contributed by atoms with Crippen molar-refractivity contribution >= 4 is 22.7 Å². The molecule has 2 nitrogen and oxygen atoms in total. The Balaban J connectivity index is 2.16. The van der Waals surface area contributed by atoms with E-state index in [2.05, 4.69) is 0 Å². The minimum atomic E-state index is -0.0892. The van der Waals surface area contributed by atoms with Crippen LogP contribution < -0.4 is 11.5 Å². The first kappa shape index (κ1) is 9.86. The van der Waals surface area contributed by atoms with Gasteiger partial charge in [-0.15, -0.1) is 22.7 Å². The van der Waals surface area contributed by atoms with Crippen LogP contribution >= 0.6 is 22.7 Å². The minimum absolute atomic E-state index is 0.0892. The number of nitrogens with two attached hydrogens (primary N) is 2. The third-order valence-electron chi connectivity index (χ3n) is 2.13. The first-order valence-corrected chi connectivity index (χ1v) is 6.13. The van der Waals surface area contributed by atoms with Crippen molar-refractivity contribution in [2.24, 2.45) is 11.5 Å². The van der Waals surface area contributed by atoms with Crippen LogP contribution in [0.2, 0.25) is 0 Å². The monoisotopic (exact) mass is 224 g/mol. The fourth-order valence-corrected chi connectivity index (χ4v) is 2.87. The Hall–Kier alpha value is -0.680. The van der Waals surface area contributed by atoms with Gasteiger partial charge in [-0.2, -0.15) is 0 Å². The van der Waals surface area contributed by atoms with Gasteiger partial charge in [-0.05, 0) is 22.9 Å². The zero-order chi connectivity index (χ0) is 9.97. The Morgan fingerprint density at radius 2 is 1.29 bits per heavy atom. The Kier molecular flexibility index (Phi) is 2.98. The van der Waals surface area contributed by atoms with Crippen molar-refractivity contribution in [1.29, 1.82) is 0 Å². The maximum Gasteiger partial charge on any atom is 0.0593 e. The smallest absolute Gasteiger partial charge is 0.0593 e. The summed E-state index contributed by atoms with van der Waals surface area (Å²) in [4.78, 5) is 2.29. The molecule has 0 saturated heterocycles. The quantitative estimate of drug-likeness (QED) is 0.841. The van der Waals surface area contributed by atoms with Crippen LogP contribution in [0.25, 0.3) is 0 Å². The highest BCUT2D eigenvalue weighted by Crippen LogP contribution is 2.29. The molecule has 0 saturated carbocycles. The molecule has 0 bridgehead atoms. The molecule has 2 aromatic rings. The number of thiophene rings is 2. The summed E-state index contributed by atoms with van der Waals surface area (Å²) in [5.41, 5.74) is 12.1. The molecule has 0 aliphatic heterocycles. The molecular weight excluding hydrogens is 212 g/mol. The highest BCUT2D eigenvalue weighted by Gasteiger charge is 2.18. The highest BCUT2D eigenvalue weighted by molar-refractivity contribution is 7.10. The Morgan fingerprint density at radius 3 is 1.57 bits per heavy atom. The molecule has 2 aromatic heterocycles. The summed E-state index contributed by atoms with van der Waals surface area (Å²) >= 11 is 3.31. The molecule has 2 unspecified atom stereocenters. The Bertz CT molecular complexity index is 328. The summed E-state index contributed by atoms with van der Waals surface area (Å²) in [5.74, 6) is 0. The molecule has 0 aromatic carbocycles. The predicted octanol–water partition coefficient (Wildman–Crippen LogP) is 2.51. The van der Waals surface area contributed by atoms with Gasteiger partial charge in [0.15, 0.2) is 0 Å². The molecule has 0 aliphatic carbocycles. The van der Waals surface area contributed by atoms with Crippen LogP contribution in [0.1, 0.15) is 21.8 Å². The van der Waals surface area contributed by atoms with E-state index in [0.29, 0.717) is 0 Å². The average Bonchev–Trinajstić information content (AvgIpc) is 2.87. The van der Waals surface area contributed by atoms with Crippen LogP contribution in [-0.2, 0) is 0 Å². The Morgan fingerprint density at radius 1 is 0.857 bits per heavy atom. The van der Waals surface area contributed by atoms with Crippen LogP contribution in [0.3, 0.4) is 0 Å². The van der Waals surface area contributed by atoms with Gasteiger partial charge in [-0.25, -0.2) is 0 Å². The lowest BCUT2D eigenvalue weighted by molar-refractivity contribution is 0.592. The number of hydrogen-bond donors (Lipinski definition) is 2. The fourth-order valence-electron chi connectivity index (χ4n) is 1.32. The molecule has 14 heavy (non-hydrogen) atoms. The summed E-state index contributed by atoms with van der Waals surface area (Å²) in [5, 5.41) is 4.05. The molecule has 0 aliphatic rings. The summed E-state index contributed by atoms with van der Waals surface area (Å²) in [6.07, 6.45) is 0. The molecule has 4 N–H and O–H groups in total. The lowest BCUT2D eigenvalue weighted by atomic mass is 10.1. The lowest BCUT2D eigenvalue weighted by Crippen LogP contribution is -2.24. The van der Waals surface area contributed by atoms with E-state index in [1.54, 1.807) is 22.7 Å². The second kappa shape index (κ2) is 4.23. The van der Waals surface area contributed by atoms with Gasteiger partial charge in [0.2, 0.25) is 0 Å². The van der Waals surface area contributed by atoms with Crippen molar-refractivity contribution < 1.29 is 0 Å². The topological polar surface area (TPSA) is 52.0 Å². The summed E-state index contributed by atoms with van der Waals surface area (Å²) in [6.45, 7) is 0. The molecule has 0 spiro atoms. The van der Waals surface area contributed by atoms with Gasteiger partial charge in [0.05, 0.1) is 12.1 Å². The standard InChI is InChI=1S/C10H12N2S2/c11-9(7-3-1-5-13-7)10(12)8-4-2-6-14-8/h1-6,9-10H,11-12H2. The maximum atomic E-state index is 6.07. The number of hydrogen-bond acceptors (Lipinski definition) is 4. The first-order chi connectivity index (χ1) is 6.79. The van der Waals surface area contributed by atoms with E-state index in [4.69, 9.17) is 11.5 Å². The molecule has 0 fully saturated rings. The van der Waals surface area contributed by atoms with Gasteiger partial charge >= 0.3 is 0 Å². The molecule has 2 heterocycles. The van der Waals surface area contributed by atoms with Crippen molar-refractivity contribution in [3.63, 3.8) is 0 Å². The molecule has 2 atom stereocenters. The van der Waals surface area contributed by atoms with Crippen LogP contribution in [0.15, 0.2) is 35.0 Å². The normalized spacial score (nSPS) is 15.3. The van der Waals surface area contributed by atoms with E-state index in [-0.39, 0.29) is 12.1 Å². The van der Waals surface area contributed by atoms with Gasteiger partial charge in [0, 0.05) is 9.75 Å². The zero-order valence-corrected chi connectivity index (χ0v) is 9.22. The minimum Gasteiger partial charge on any atom is -0.322 e. The van der Waals surface area contributed by atoms with E-state index in [9.17, 15) is 0 Å². The van der Waals surface area contributed by atoms with Crippen molar-refractivity contribution in [3.05, 3.63) is 44.8 Å². The van der Waals surface area contributed by atoms with Crippen molar-refractivity contribution in [1.82, 2.24) is 0 Å². The van der Waals surface area contributed by atoms with E-state index < -0.39 is 0 Å². The van der Waals surface area contributed by atoms with E-state index >= 15 is 0 Å². The first-order valence-electron chi connectivity index (χ1n) is 4.37. The van der Waals surface area contributed by atoms with Crippen molar-refractivity contribution in [2.75, 3.05) is 0 Å². The molecule has 2 rings (SSSR count). The van der Waals surface area contributed by atoms with Crippen LogP contribution in [0.5, 0.6) is 0 Å². The summed E-state index contributed by atoms with van der Waals surface area (Å²) in [6, 6.07) is 7.88. The fraction of sp³-hybridized carbons (Fsp3) is 0.200. The highest BCUT2D eigenvalue weighted by atomic mass is 32.1. The summed E-state index contributed by atoms with van der Waals surface area (Å²) in [7, 11) is 0. The maximum absolute atomic E-state index is 6.07. The SMILES string of the molecule is NC(c1cccs1)C(N)c1cccs1. The second-order valence-electron chi connectivity index (χ2n) is 3.08. The zero-order valence-electron chi connectivity index (χ0n) is 7.59. The lowest BCUT2D eigenvalue weighted by Gasteiger charge is -2.16. The molecule has 4 heteroatoms. The van der Waals surface area contributed by atoms with E-state index in [1.165, 1.54) is 0 Å². The van der Waals surface area contributed by atoms with Gasteiger partial charge in [0.1, 0.15) is 0 Å². The molecule has 74 valence electrons. The third kappa shape index (κ3) is 1.88. The van der Waals surface area contributed by atoms with Crippen molar-refractivity contribution in [3.8, 4) is 0 Å². The summed E-state index contributed by atoms with van der Waals surface area (Å²) < 4.78 is 0. The largest absolute Gasteiger partial charge is 0.322 e. The van der Waals surface area contributed by atoms with Gasteiger partial charge in [-0.3, -0.25) is 0 Å². The Labute approximate surface area is 91.2 Å². The van der Waals surface area contributed by atoms with Gasteiger partial charge < -0.3 is 11.5 Å². The molecule has 0 amide bonds. The van der Waals surface area contributed by atoms with Crippen LogP contribution in [0.4, 0.5) is 0 Å². The van der Waals surface area contributed by atoms with Crippen LogP contribution in [-0.4, -0.2) is 0 Å². The predicted molar refractivity (Wildman–Crippen MR) is 62.5 cm³/mol. The van der Waals surface area contributed by atoms with Crippen molar-refractivity contribution in [2.45, 2.75) is 12.1 Å². The van der Waals surface area contributed by atoms with E-state index in [1.807, 2.05) is 35.0 Å². The van der Waals surface area contributed by atoms with Crippen LogP contribution in [0, 0.1) is 0 Å². The second-order valence-corrected chi connectivity index (χ2v) is 5.04. The van der Waals surface area contributed by atoms with E-state index in [0.717, 1.165) is 9.75 Å².